The number of aryl methyl sites for hydroxylation is 4. The van der Waals surface area contributed by atoms with Crippen LogP contribution in [0.3, 0.4) is 0 Å². The maximum atomic E-state index is 13.7. The van der Waals surface area contributed by atoms with E-state index in [0.717, 1.165) is 20.8 Å². The minimum atomic E-state index is -4.08. The van der Waals surface area contributed by atoms with Gasteiger partial charge in [0.1, 0.15) is 45.5 Å². The lowest BCUT2D eigenvalue weighted by Gasteiger charge is -2.34. The van der Waals surface area contributed by atoms with Crippen molar-refractivity contribution in [1.29, 1.82) is 0 Å². The van der Waals surface area contributed by atoms with Crippen molar-refractivity contribution in [1.82, 2.24) is 59.5 Å². The van der Waals surface area contributed by atoms with Gasteiger partial charge in [0.2, 0.25) is 23.6 Å². The highest BCUT2D eigenvalue weighted by Gasteiger charge is 2.46. The highest BCUT2D eigenvalue weighted by molar-refractivity contribution is 6.04. The zero-order chi connectivity index (χ0) is 102. The molecule has 4 aliphatic rings. The number of hydrogen-bond donors (Lipinski definition) is 8. The number of anilines is 4. The number of imide groups is 4. The summed E-state index contributed by atoms with van der Waals surface area (Å²) in [5.74, 6) is -18.4. The van der Waals surface area contributed by atoms with E-state index in [0.29, 0.717) is 0 Å². The number of nitrogens with two attached hydrogens (primary N) is 4. The second kappa shape index (κ2) is 22.9. The fourth-order valence-electron chi connectivity index (χ4n) is 8.39. The first-order chi connectivity index (χ1) is 58.6. The van der Waals surface area contributed by atoms with Crippen molar-refractivity contribution >= 4 is 114 Å². The third-order valence-electron chi connectivity index (χ3n) is 12.8. The second-order valence-electron chi connectivity index (χ2n) is 18.4. The van der Waals surface area contributed by atoms with Gasteiger partial charge in [-0.1, -0.05) is 24.2 Å². The number of benzene rings is 4. The van der Waals surface area contributed by atoms with Gasteiger partial charge in [0, 0.05) is 90.7 Å². The van der Waals surface area contributed by atoms with E-state index in [9.17, 15) is 57.5 Å². The van der Waals surface area contributed by atoms with Crippen molar-refractivity contribution in [3.05, 3.63) is 137 Å². The Balaban J connectivity index is 0.000000197. The number of fused-ring (bicyclic) bond motifs is 4. The fraction of sp³-hybridized carbons (Fsp3) is 0.333. The van der Waals surface area contributed by atoms with E-state index in [1.165, 1.54) is 5.32 Å². The lowest BCUT2D eigenvalue weighted by molar-refractivity contribution is -0.141. The van der Waals surface area contributed by atoms with Crippen LogP contribution in [0.5, 0.6) is 0 Å². The molecule has 8 amide bonds. The predicted octanol–water partition coefficient (Wildman–Crippen LogP) is 1.76. The molecule has 8 heterocycles. The number of aromatic nitrogens is 8. The van der Waals surface area contributed by atoms with E-state index < -0.39 is 339 Å². The number of nitrogens with zero attached hydrogens (tertiary/aromatic N) is 8. The Hall–Kier alpha value is -10.8. The smallest absolute Gasteiger partial charge is 0.264 e. The van der Waals surface area contributed by atoms with Gasteiger partial charge in [-0.25, -0.2) is 19.9 Å². The maximum Gasteiger partial charge on any atom is 0.264 e. The molecule has 0 bridgehead atoms. The number of hydrogen-bond acceptors (Lipinski definition) is 20. The molecule has 88 heavy (non-hydrogen) atoms. The fourth-order valence-corrected chi connectivity index (χ4v) is 8.39. The number of carbonyl (C=O) groups excluding carboxylic acids is 8. The van der Waals surface area contributed by atoms with Gasteiger partial charge in [-0.05, 0) is 129 Å². The van der Waals surface area contributed by atoms with Crippen LogP contribution in [0, 0.1) is 27.4 Å². The highest BCUT2D eigenvalue weighted by atomic mass is 16.2. The number of amides is 8. The average Bonchev–Trinajstić information content (AvgIpc) is 0.696. The number of piperidine rings is 4. The predicted molar refractivity (Wildman–Crippen MR) is 325 cm³/mol. The lowest BCUT2D eigenvalue weighted by atomic mass is 9.90. The molecule has 456 valence electrons. The quantitative estimate of drug-likeness (QED) is 0.0919. The SMILES string of the molecule is [2H]c1c([2H])c(N)c2c(=O)n(C3(C)C(=O)NC(=O)C([2H])([2H])C3([2H])[2H])c(C([2H])([2H])[2H])nc2c1[2H].[2H]c1c([2H])c(N)c2c(=O)n([C@@]3(C([2H])([2H])[2H])C(=O)NC(=O)C([2H])([2H])C3([2H])[2H])c(C([2H])([2H])[2H])nc2c1[2H].[2H]c1c([2H])c(N)c2c(=O)n([C@@]3(C)C(=O)NC(=O)C([2H])([2H])C3([2H])[2H])c(C([2H])([2H])[2H])nc2c1[2H].[2H]c1c([2H])c(N)c2c(=O)n([C@]3(C)C(=O)NC(=O)C([2H])([2H])C3([2H])[2H])c(C([2H])([2H])[2H])nc2c1[2H]. The number of nitrogens with one attached hydrogen (secondary N) is 4. The first kappa shape index (κ1) is 27.3. The van der Waals surface area contributed by atoms with Crippen LogP contribution >= 0.6 is 0 Å². The van der Waals surface area contributed by atoms with Gasteiger partial charge in [-0.2, -0.15) is 0 Å². The maximum absolute atomic E-state index is 13.7. The molecule has 4 aliphatic heterocycles. The molecule has 0 spiro atoms. The summed E-state index contributed by atoms with van der Waals surface area (Å²) < 4.78 is 341. The summed E-state index contributed by atoms with van der Waals surface area (Å²) in [4.78, 5) is 168. The molecule has 0 aliphatic carbocycles. The van der Waals surface area contributed by atoms with E-state index in [4.69, 9.17) is 81.9 Å². The van der Waals surface area contributed by atoms with Crippen molar-refractivity contribution in [2.45, 2.75) is 128 Å². The zero-order valence-electron chi connectivity index (χ0n) is 87.3. The summed E-state index contributed by atoms with van der Waals surface area (Å²) in [5, 5.41) is 3.09. The molecule has 12 N–H and O–H groups in total. The molecule has 4 atom stereocenters. The van der Waals surface area contributed by atoms with Gasteiger partial charge in [0.25, 0.3) is 45.9 Å². The van der Waals surface area contributed by atoms with Crippen LogP contribution in [-0.4, -0.2) is 85.5 Å². The Kier molecular flexibility index (Phi) is 7.09. The molecule has 0 radical (unpaired) electrons. The van der Waals surface area contributed by atoms with Gasteiger partial charge in [0.05, 0.1) is 60.1 Å². The van der Waals surface area contributed by atoms with E-state index in [1.807, 2.05) is 0 Å². The van der Waals surface area contributed by atoms with Crippen molar-refractivity contribution in [2.75, 3.05) is 22.9 Å². The molecule has 12 rings (SSSR count). The molecule has 4 saturated heterocycles. The minimum absolute atomic E-state index is 0.0980. The number of carbonyl (C=O) groups is 8. The largest absolute Gasteiger partial charge is 0.398 e. The summed E-state index contributed by atoms with van der Waals surface area (Å²) in [5.41, 5.74) is -1.68. The Morgan fingerprint density at radius 1 is 0.386 bits per heavy atom. The first-order valence-corrected chi connectivity index (χ1v) is 23.8. The van der Waals surface area contributed by atoms with E-state index in [2.05, 4.69) is 19.9 Å². The van der Waals surface area contributed by atoms with Gasteiger partial charge in [-0.3, -0.25) is 97.1 Å². The second-order valence-corrected chi connectivity index (χ2v) is 18.4. The molecule has 1 unspecified atom stereocenters. The van der Waals surface area contributed by atoms with E-state index in [1.54, 1.807) is 16.0 Å². The van der Waals surface area contributed by atoms with Crippen LogP contribution < -0.4 is 66.4 Å². The summed E-state index contributed by atoms with van der Waals surface area (Å²) in [6.45, 7) is -15.3. The third kappa shape index (κ3) is 10.6. The molecular weight excluding hydrogens is 1140 g/mol. The lowest BCUT2D eigenvalue weighted by Crippen LogP contribution is -2.56. The Labute approximate surface area is 559 Å². The summed E-state index contributed by atoms with van der Waals surface area (Å²) in [6, 6.07) is -9.52. The van der Waals surface area contributed by atoms with Crippen molar-refractivity contribution in [3.8, 4) is 0 Å². The summed E-state index contributed by atoms with van der Waals surface area (Å²) in [6.07, 6.45) is -28.4. The normalized spacial score (nSPS) is 34.3. The average molecular weight is 1240 g/mol. The van der Waals surface area contributed by atoms with Crippen LogP contribution in [0.1, 0.15) is 161 Å². The van der Waals surface area contributed by atoms with Gasteiger partial charge in [-0.15, -0.1) is 0 Å². The summed E-state index contributed by atoms with van der Waals surface area (Å²) in [7, 11) is 0. The molecule has 28 heteroatoms. The third-order valence-corrected chi connectivity index (χ3v) is 12.8. The molecule has 0 saturated carbocycles. The highest BCUT2D eigenvalue weighted by Crippen LogP contribution is 2.32. The molecule has 4 aromatic heterocycles. The van der Waals surface area contributed by atoms with E-state index >= 15 is 0 Å². The molecule has 4 fully saturated rings. The Bertz CT molecular complexity index is 6290. The van der Waals surface area contributed by atoms with Crippen molar-refractivity contribution < 1.29 is 97.3 Å². The molecular formula is C60H64N16O12. The number of nitrogen functional groups attached to an aromatic ring is 4. The van der Waals surface area contributed by atoms with Gasteiger partial charge >= 0.3 is 0 Å². The zero-order valence-corrected chi connectivity index (χ0v) is 44.3. The van der Waals surface area contributed by atoms with Crippen molar-refractivity contribution in [2.24, 2.45) is 0 Å². The topological polar surface area (TPSA) is 428 Å². The van der Waals surface area contributed by atoms with Crippen LogP contribution in [0.2, 0.25) is 0 Å². The molecule has 8 aromatic rings. The monoisotopic (exact) mass is 1240 g/mol. The minimum Gasteiger partial charge on any atom is -0.398 e. The summed E-state index contributed by atoms with van der Waals surface area (Å²) >= 11 is 0. The molecule has 28 nitrogen and oxygen atoms in total. The number of rotatable bonds is 4. The van der Waals surface area contributed by atoms with Crippen LogP contribution in [0.25, 0.3) is 43.6 Å². The standard InChI is InChI=1S/4C15H16N4O3/c4*1-8-17-10-5-3-4-9(16)12(10)13(21)19(8)15(2)7-6-11(20)18-14(15)22/h4*3-5H,6-7,16H2,1-2H3,(H,18,20,22)/t3*15-;/m110./s1/i1D3,2D3,3D,4D,5D,6D2,7D2;3*1D3,3D,4D,5D,6D2,7D2. The van der Waals surface area contributed by atoms with Gasteiger partial charge < -0.3 is 22.9 Å². The van der Waals surface area contributed by atoms with Crippen LogP contribution in [0.15, 0.2) is 91.7 Å². The Morgan fingerprint density at radius 3 is 0.830 bits per heavy atom. The van der Waals surface area contributed by atoms with Crippen LogP contribution in [-0.2, 0) is 60.5 Å². The molecule has 4 aromatic carbocycles. The Morgan fingerprint density at radius 2 is 0.602 bits per heavy atom. The first-order valence-electron chi connectivity index (χ1n) is 45.3. The van der Waals surface area contributed by atoms with Crippen molar-refractivity contribution in [3.63, 3.8) is 0 Å². The van der Waals surface area contributed by atoms with E-state index in [-0.39, 0.29) is 18.3 Å². The van der Waals surface area contributed by atoms with Gasteiger partial charge in [0.15, 0.2) is 0 Å². The van der Waals surface area contributed by atoms with Crippen LogP contribution in [0.4, 0.5) is 22.7 Å².